The summed E-state index contributed by atoms with van der Waals surface area (Å²) in [6, 6.07) is 0. The summed E-state index contributed by atoms with van der Waals surface area (Å²) in [4.78, 5) is 0. The molecule has 0 fully saturated rings. The second kappa shape index (κ2) is 1.90. The van der Waals surface area contributed by atoms with Gasteiger partial charge in [-0.3, -0.25) is 0 Å². The molecule has 0 spiro atoms. The molecule has 0 aliphatic carbocycles. The maximum absolute atomic E-state index is 12.9. The molecule has 0 aliphatic rings. The Hall–Kier alpha value is -0.640. The Labute approximate surface area is 72.8 Å². The fourth-order valence-corrected chi connectivity index (χ4v) is 3.09. The number of hydrogen-bond donors (Lipinski definition) is 0. The summed E-state index contributed by atoms with van der Waals surface area (Å²) in [6.07, 6.45) is 2.34. The maximum atomic E-state index is 12.9. The predicted octanol–water partition coefficient (Wildman–Crippen LogP) is 1.73. The van der Waals surface area contributed by atoms with Crippen LogP contribution in [0.2, 0.25) is 0 Å². The van der Waals surface area contributed by atoms with Crippen molar-refractivity contribution in [2.75, 3.05) is 6.66 Å². The van der Waals surface area contributed by atoms with E-state index in [0.717, 1.165) is 9.13 Å². The number of nitrogens with zero attached hydrogens (tertiary/aromatic N) is 2. The van der Waals surface area contributed by atoms with Crippen molar-refractivity contribution in [3.63, 3.8) is 0 Å². The Morgan fingerprint density at radius 1 is 1.31 bits per heavy atom. The predicted molar refractivity (Wildman–Crippen MR) is 43.5 cm³/mol. The second-order valence-corrected chi connectivity index (χ2v) is 7.08. The molecule has 13 heavy (non-hydrogen) atoms. The number of halogens is 4. The molecule has 0 unspecified atom stereocenters. The molecule has 1 aromatic rings. The van der Waals surface area contributed by atoms with Gasteiger partial charge >= 0.3 is 71.8 Å². The van der Waals surface area contributed by atoms with Crippen LogP contribution in [0.5, 0.6) is 0 Å². The minimum atomic E-state index is -8.26. The summed E-state index contributed by atoms with van der Waals surface area (Å²) in [5.74, 6) is 0. The molecular weight excluding hydrogens is 207 g/mol. The van der Waals surface area contributed by atoms with Crippen LogP contribution in [-0.4, -0.2) is 11.2 Å². The van der Waals surface area contributed by atoms with Crippen molar-refractivity contribution in [3.05, 3.63) is 12.4 Å². The number of rotatable bonds is 1. The summed E-state index contributed by atoms with van der Waals surface area (Å²) >= 11 is 0. The zero-order valence-electron chi connectivity index (χ0n) is 7.51. The van der Waals surface area contributed by atoms with E-state index in [1.807, 2.05) is 0 Å². The van der Waals surface area contributed by atoms with Crippen molar-refractivity contribution < 1.29 is 21.4 Å². The molecule has 0 saturated carbocycles. The molecule has 0 aromatic carbocycles. The quantitative estimate of drug-likeness (QED) is 0.385. The van der Waals surface area contributed by atoms with Gasteiger partial charge in [0.25, 0.3) is 0 Å². The SMILES string of the molecule is Cn1cc[n+](C)c1[P-](C)(F)(F)(F)F. The molecule has 78 valence electrons. The van der Waals surface area contributed by atoms with Gasteiger partial charge in [-0.15, -0.1) is 0 Å². The van der Waals surface area contributed by atoms with E-state index in [4.69, 9.17) is 0 Å². The van der Waals surface area contributed by atoms with E-state index < -0.39 is 12.8 Å². The number of aromatic nitrogens is 2. The Bertz CT molecular complexity index is 330. The fraction of sp³-hybridized carbons (Fsp3) is 0.500. The van der Waals surface area contributed by atoms with E-state index in [1.54, 1.807) is 0 Å². The molecule has 0 saturated heterocycles. The summed E-state index contributed by atoms with van der Waals surface area (Å²) in [6.45, 7) is -0.264. The standard InChI is InChI=1S/C6H11F4N2P/c1-11-4-5-12(2)6(11)13(3,7,8,9)10/h4-5H,1-3H3. The summed E-state index contributed by atoms with van der Waals surface area (Å²) in [5, 5.41) is 0. The van der Waals surface area contributed by atoms with E-state index >= 15 is 0 Å². The van der Waals surface area contributed by atoms with Crippen molar-refractivity contribution in [2.24, 2.45) is 14.1 Å². The van der Waals surface area contributed by atoms with Gasteiger partial charge in [-0.05, 0) is 0 Å². The van der Waals surface area contributed by atoms with E-state index in [9.17, 15) is 16.8 Å². The van der Waals surface area contributed by atoms with Crippen molar-refractivity contribution in [3.8, 4) is 0 Å². The van der Waals surface area contributed by atoms with E-state index in [-0.39, 0.29) is 6.66 Å². The van der Waals surface area contributed by atoms with Crippen LogP contribution in [0.1, 0.15) is 0 Å². The molecule has 1 aromatic heterocycles. The van der Waals surface area contributed by atoms with Crippen LogP contribution in [0.25, 0.3) is 0 Å². The summed E-state index contributed by atoms with van der Waals surface area (Å²) < 4.78 is 53.3. The van der Waals surface area contributed by atoms with Crippen molar-refractivity contribution in [2.45, 2.75) is 0 Å². The van der Waals surface area contributed by atoms with Crippen LogP contribution in [0, 0.1) is 0 Å². The summed E-state index contributed by atoms with van der Waals surface area (Å²) in [5.41, 5.74) is -1.22. The van der Waals surface area contributed by atoms with Gasteiger partial charge in [0.15, 0.2) is 0 Å². The van der Waals surface area contributed by atoms with Crippen molar-refractivity contribution >= 4 is 12.8 Å². The van der Waals surface area contributed by atoms with Gasteiger partial charge in [-0.1, -0.05) is 0 Å². The zero-order chi connectivity index (χ0) is 10.6. The van der Waals surface area contributed by atoms with E-state index in [2.05, 4.69) is 0 Å². The number of imidazole rings is 1. The Morgan fingerprint density at radius 2 is 1.77 bits per heavy atom. The van der Waals surface area contributed by atoms with Crippen LogP contribution in [0.3, 0.4) is 0 Å². The van der Waals surface area contributed by atoms with Gasteiger partial charge in [-0.2, -0.15) is 0 Å². The first-order valence-corrected chi connectivity index (χ1v) is 6.23. The van der Waals surface area contributed by atoms with Crippen LogP contribution >= 0.6 is 7.19 Å². The minimum absolute atomic E-state index is 0.264. The fourth-order valence-electron chi connectivity index (χ4n) is 1.37. The van der Waals surface area contributed by atoms with Gasteiger partial charge in [0.1, 0.15) is 0 Å². The average Bonchev–Trinajstić information content (AvgIpc) is 2.04. The molecular formula is C6H11F4N2P. The third-order valence-electron chi connectivity index (χ3n) is 1.65. The first kappa shape index (κ1) is 10.4. The first-order valence-electron chi connectivity index (χ1n) is 3.54. The van der Waals surface area contributed by atoms with Crippen molar-refractivity contribution in [1.82, 2.24) is 4.57 Å². The first-order chi connectivity index (χ1) is 5.41. The van der Waals surface area contributed by atoms with Crippen LogP contribution in [-0.2, 0) is 14.1 Å². The molecule has 0 bridgehead atoms. The van der Waals surface area contributed by atoms with Crippen LogP contribution in [0.15, 0.2) is 12.4 Å². The molecule has 0 aliphatic heterocycles. The van der Waals surface area contributed by atoms with Crippen LogP contribution in [0.4, 0.5) is 16.8 Å². The normalized spacial score (nSPS) is 18.1. The Morgan fingerprint density at radius 3 is 1.92 bits per heavy atom. The zero-order valence-corrected chi connectivity index (χ0v) is 8.40. The van der Waals surface area contributed by atoms with Gasteiger partial charge in [0.05, 0.1) is 0 Å². The molecule has 0 amide bonds. The van der Waals surface area contributed by atoms with E-state index in [0.29, 0.717) is 0 Å². The molecule has 0 radical (unpaired) electrons. The molecule has 2 nitrogen and oxygen atoms in total. The average molecular weight is 218 g/mol. The number of aryl methyl sites for hydroxylation is 2. The monoisotopic (exact) mass is 218 g/mol. The molecule has 0 atom stereocenters. The van der Waals surface area contributed by atoms with Crippen molar-refractivity contribution in [1.29, 1.82) is 0 Å². The topological polar surface area (TPSA) is 8.81 Å². The third-order valence-corrected chi connectivity index (χ3v) is 3.28. The molecule has 1 heterocycles. The van der Waals surface area contributed by atoms with Gasteiger partial charge in [0.2, 0.25) is 0 Å². The van der Waals surface area contributed by atoms with Gasteiger partial charge in [-0.25, -0.2) is 0 Å². The third kappa shape index (κ3) is 1.99. The summed E-state index contributed by atoms with van der Waals surface area (Å²) in [7, 11) is -5.93. The molecule has 0 N–H and O–H groups in total. The van der Waals surface area contributed by atoms with E-state index in [1.165, 1.54) is 26.5 Å². The van der Waals surface area contributed by atoms with Gasteiger partial charge in [0, 0.05) is 0 Å². The number of hydrogen-bond acceptors (Lipinski definition) is 0. The molecule has 7 heteroatoms. The molecule has 1 rings (SSSR count). The Kier molecular flexibility index (Phi) is 1.52. The second-order valence-electron chi connectivity index (χ2n) is 3.44. The Balaban J connectivity index is 3.58. The van der Waals surface area contributed by atoms with Crippen LogP contribution < -0.4 is 10.1 Å². The van der Waals surface area contributed by atoms with Gasteiger partial charge < -0.3 is 0 Å².